The minimum atomic E-state index is -0.245. The third kappa shape index (κ3) is 3.08. The highest BCUT2D eigenvalue weighted by Gasteiger charge is 2.25. The molecule has 1 N–H and O–H groups in total. The van der Waals surface area contributed by atoms with Crippen LogP contribution in [0.2, 0.25) is 0 Å². The molecule has 21 heavy (non-hydrogen) atoms. The second kappa shape index (κ2) is 5.85. The molecule has 4 nitrogen and oxygen atoms in total. The molecule has 0 radical (unpaired) electrons. The van der Waals surface area contributed by atoms with Crippen molar-refractivity contribution in [2.24, 2.45) is 0 Å². The van der Waals surface area contributed by atoms with Crippen molar-refractivity contribution in [3.63, 3.8) is 0 Å². The van der Waals surface area contributed by atoms with Crippen LogP contribution in [0.5, 0.6) is 5.75 Å². The maximum Gasteiger partial charge on any atom is 0.131 e. The smallest absolute Gasteiger partial charge is 0.131 e. The van der Waals surface area contributed by atoms with Crippen LogP contribution in [0.1, 0.15) is 43.1 Å². The lowest BCUT2D eigenvalue weighted by atomic mass is 10.1. The van der Waals surface area contributed by atoms with Gasteiger partial charge in [-0.2, -0.15) is 0 Å². The first-order chi connectivity index (χ1) is 10.2. The van der Waals surface area contributed by atoms with Crippen molar-refractivity contribution in [3.05, 3.63) is 47.8 Å². The summed E-state index contributed by atoms with van der Waals surface area (Å²) in [6.45, 7) is 2.34. The van der Waals surface area contributed by atoms with Gasteiger partial charge in [-0.25, -0.2) is 9.37 Å². The summed E-state index contributed by atoms with van der Waals surface area (Å²) in [7, 11) is 1.81. The predicted octanol–water partition coefficient (Wildman–Crippen LogP) is 3.22. The first-order valence-electron chi connectivity index (χ1n) is 7.29. The summed E-state index contributed by atoms with van der Waals surface area (Å²) in [5.74, 6) is 0.299. The topological polar surface area (TPSA) is 39.1 Å². The molecular weight excluding hydrogens is 269 g/mol. The van der Waals surface area contributed by atoms with Crippen LogP contribution in [0.15, 0.2) is 30.7 Å². The number of imidazole rings is 1. The largest absolute Gasteiger partial charge is 0.487 e. The molecule has 112 valence electrons. The quantitative estimate of drug-likeness (QED) is 0.887. The van der Waals surface area contributed by atoms with E-state index in [9.17, 15) is 4.39 Å². The van der Waals surface area contributed by atoms with Crippen molar-refractivity contribution >= 4 is 0 Å². The zero-order valence-corrected chi connectivity index (χ0v) is 12.3. The van der Waals surface area contributed by atoms with Crippen molar-refractivity contribution in [3.8, 4) is 5.75 Å². The number of halogens is 1. The molecule has 1 saturated carbocycles. The van der Waals surface area contributed by atoms with Gasteiger partial charge in [-0.05, 0) is 32.9 Å². The highest BCUT2D eigenvalue weighted by Crippen LogP contribution is 2.35. The maximum absolute atomic E-state index is 14.0. The van der Waals surface area contributed by atoms with Crippen LogP contribution in [-0.4, -0.2) is 16.6 Å². The second-order valence-corrected chi connectivity index (χ2v) is 5.51. The number of nitrogens with zero attached hydrogens (tertiary/aromatic N) is 2. The van der Waals surface area contributed by atoms with Gasteiger partial charge in [0.25, 0.3) is 0 Å². The van der Waals surface area contributed by atoms with Gasteiger partial charge < -0.3 is 14.6 Å². The lowest BCUT2D eigenvalue weighted by Gasteiger charge is -2.13. The molecule has 1 aromatic heterocycles. The van der Waals surface area contributed by atoms with E-state index in [1.54, 1.807) is 6.07 Å². The summed E-state index contributed by atoms with van der Waals surface area (Å²) in [6.07, 6.45) is 6.06. The molecule has 0 amide bonds. The van der Waals surface area contributed by atoms with Gasteiger partial charge >= 0.3 is 0 Å². The Morgan fingerprint density at radius 2 is 2.29 bits per heavy atom. The minimum Gasteiger partial charge on any atom is -0.487 e. The molecule has 1 fully saturated rings. The van der Waals surface area contributed by atoms with Crippen LogP contribution in [0.4, 0.5) is 4.39 Å². The summed E-state index contributed by atoms with van der Waals surface area (Å²) >= 11 is 0. The van der Waals surface area contributed by atoms with Crippen LogP contribution in [0, 0.1) is 5.82 Å². The number of aromatic nitrogens is 2. The van der Waals surface area contributed by atoms with E-state index in [0.717, 1.165) is 5.69 Å². The third-order valence-corrected chi connectivity index (χ3v) is 3.94. The van der Waals surface area contributed by atoms with Gasteiger partial charge in [0.1, 0.15) is 18.2 Å². The van der Waals surface area contributed by atoms with Gasteiger partial charge in [0, 0.05) is 23.7 Å². The Balaban J connectivity index is 1.67. The van der Waals surface area contributed by atoms with Crippen LogP contribution in [0.3, 0.4) is 0 Å². The number of nitrogens with one attached hydrogen (secondary N) is 1. The van der Waals surface area contributed by atoms with E-state index in [1.807, 2.05) is 32.6 Å². The highest BCUT2D eigenvalue weighted by molar-refractivity contribution is 5.30. The van der Waals surface area contributed by atoms with E-state index < -0.39 is 0 Å². The van der Waals surface area contributed by atoms with Gasteiger partial charge in [0.05, 0.1) is 18.2 Å². The number of benzene rings is 1. The standard InChI is InChI=1S/C16H20FN3O/c1-11(18-2)15-6-5-14(7-16(15)17)21-9-13-8-19-10-20(13)12-3-4-12/h5-8,10-12,18H,3-4,9H2,1-2H3. The van der Waals surface area contributed by atoms with Crippen molar-refractivity contribution in [2.45, 2.75) is 38.5 Å². The number of hydrogen-bond donors (Lipinski definition) is 1. The fraction of sp³-hybridized carbons (Fsp3) is 0.438. The Hall–Kier alpha value is -1.88. The third-order valence-electron chi connectivity index (χ3n) is 3.94. The van der Waals surface area contributed by atoms with Crippen LogP contribution >= 0.6 is 0 Å². The minimum absolute atomic E-state index is 0.0182. The summed E-state index contributed by atoms with van der Waals surface area (Å²) in [4.78, 5) is 4.16. The Morgan fingerprint density at radius 3 is 2.95 bits per heavy atom. The normalized spacial score (nSPS) is 16.0. The second-order valence-electron chi connectivity index (χ2n) is 5.51. The van der Waals surface area contributed by atoms with Gasteiger partial charge in [-0.3, -0.25) is 0 Å². The molecule has 1 unspecified atom stereocenters. The molecule has 1 aliphatic rings. The molecule has 5 heteroatoms. The number of rotatable bonds is 6. The maximum atomic E-state index is 14.0. The van der Waals surface area contributed by atoms with E-state index in [1.165, 1.54) is 18.9 Å². The van der Waals surface area contributed by atoms with Gasteiger partial charge in [0.2, 0.25) is 0 Å². The average molecular weight is 289 g/mol. The van der Waals surface area contributed by atoms with Gasteiger partial charge in [-0.1, -0.05) is 6.07 Å². The molecule has 2 aromatic rings. The summed E-state index contributed by atoms with van der Waals surface area (Å²) in [6, 6.07) is 5.58. The molecule has 1 heterocycles. The fourth-order valence-corrected chi connectivity index (χ4v) is 2.39. The zero-order chi connectivity index (χ0) is 14.8. The molecule has 1 aromatic carbocycles. The molecule has 3 rings (SSSR count). The van der Waals surface area contributed by atoms with Crippen molar-refractivity contribution in [2.75, 3.05) is 7.05 Å². The molecule has 1 aliphatic carbocycles. The Labute approximate surface area is 124 Å². The molecule has 0 aliphatic heterocycles. The molecule has 1 atom stereocenters. The van der Waals surface area contributed by atoms with Crippen LogP contribution in [-0.2, 0) is 6.61 Å². The van der Waals surface area contributed by atoms with E-state index >= 15 is 0 Å². The SMILES string of the molecule is CNC(C)c1ccc(OCc2cncn2C2CC2)cc1F. The van der Waals surface area contributed by atoms with Crippen molar-refractivity contribution in [1.82, 2.24) is 14.9 Å². The van der Waals surface area contributed by atoms with Crippen molar-refractivity contribution in [1.29, 1.82) is 0 Å². The van der Waals surface area contributed by atoms with E-state index in [-0.39, 0.29) is 11.9 Å². The predicted molar refractivity (Wildman–Crippen MR) is 78.7 cm³/mol. The van der Waals surface area contributed by atoms with Gasteiger partial charge in [-0.15, -0.1) is 0 Å². The first-order valence-corrected chi connectivity index (χ1v) is 7.29. The van der Waals surface area contributed by atoms with Gasteiger partial charge in [0.15, 0.2) is 0 Å². The van der Waals surface area contributed by atoms with Crippen LogP contribution < -0.4 is 10.1 Å². The Bertz CT molecular complexity index is 622. The number of hydrogen-bond acceptors (Lipinski definition) is 3. The summed E-state index contributed by atoms with van der Waals surface area (Å²) in [5, 5.41) is 3.03. The lowest BCUT2D eigenvalue weighted by Crippen LogP contribution is -2.13. The molecule has 0 spiro atoms. The van der Waals surface area contributed by atoms with E-state index in [0.29, 0.717) is 24.0 Å². The highest BCUT2D eigenvalue weighted by atomic mass is 19.1. The summed E-state index contributed by atoms with van der Waals surface area (Å²) in [5.41, 5.74) is 1.68. The average Bonchev–Trinajstić information content (AvgIpc) is 3.23. The van der Waals surface area contributed by atoms with E-state index in [4.69, 9.17) is 4.74 Å². The van der Waals surface area contributed by atoms with E-state index in [2.05, 4.69) is 14.9 Å². The number of ether oxygens (including phenoxy) is 1. The molecular formula is C16H20FN3O. The Morgan fingerprint density at radius 1 is 1.48 bits per heavy atom. The van der Waals surface area contributed by atoms with Crippen molar-refractivity contribution < 1.29 is 9.13 Å². The molecule has 0 saturated heterocycles. The Kier molecular flexibility index (Phi) is 3.92. The fourth-order valence-electron chi connectivity index (χ4n) is 2.39. The first kappa shape index (κ1) is 14.1. The zero-order valence-electron chi connectivity index (χ0n) is 12.3. The lowest BCUT2D eigenvalue weighted by molar-refractivity contribution is 0.293. The monoisotopic (exact) mass is 289 g/mol. The summed E-state index contributed by atoms with van der Waals surface area (Å²) < 4.78 is 21.9. The van der Waals surface area contributed by atoms with Crippen LogP contribution in [0.25, 0.3) is 0 Å². The molecule has 0 bridgehead atoms.